The Hall–Kier alpha value is -0.450. The molecule has 4 heteroatoms. The largest absolute Gasteiger partial charge is 0.396 e. The minimum absolute atomic E-state index is 0.233. The topological polar surface area (TPSA) is 45.2 Å². The molecule has 2 atom stereocenters. The summed E-state index contributed by atoms with van der Waals surface area (Å²) in [6.45, 7) is 6.42. The molecule has 2 unspecified atom stereocenters. The van der Waals surface area contributed by atoms with E-state index in [0.717, 1.165) is 17.1 Å². The van der Waals surface area contributed by atoms with Gasteiger partial charge in [0.15, 0.2) is 0 Å². The lowest BCUT2D eigenvalue weighted by molar-refractivity contribution is 0.264. The van der Waals surface area contributed by atoms with Crippen molar-refractivity contribution in [3.8, 4) is 0 Å². The van der Waals surface area contributed by atoms with E-state index in [4.69, 9.17) is 5.11 Å². The standard InChI is InChI=1S/C10H18N2OS/c1-7(4-5-13)11-8(2)10-6-14-9(3)12-10/h6-8,11,13H,4-5H2,1-3H3. The van der Waals surface area contributed by atoms with Gasteiger partial charge in [0.05, 0.1) is 10.7 Å². The average Bonchev–Trinajstić information content (AvgIpc) is 2.52. The van der Waals surface area contributed by atoms with Gasteiger partial charge >= 0.3 is 0 Å². The summed E-state index contributed by atoms with van der Waals surface area (Å²) in [6.07, 6.45) is 0.785. The number of thiazole rings is 1. The van der Waals surface area contributed by atoms with Crippen LogP contribution in [0.25, 0.3) is 0 Å². The number of aryl methyl sites for hydroxylation is 1. The maximum atomic E-state index is 8.77. The van der Waals surface area contributed by atoms with Crippen LogP contribution in [-0.2, 0) is 0 Å². The molecule has 0 aliphatic carbocycles. The SMILES string of the molecule is Cc1nc(C(C)NC(C)CCO)cs1. The van der Waals surface area contributed by atoms with E-state index in [1.54, 1.807) is 11.3 Å². The molecule has 0 fully saturated rings. The van der Waals surface area contributed by atoms with E-state index >= 15 is 0 Å². The van der Waals surface area contributed by atoms with Gasteiger partial charge in [0.1, 0.15) is 0 Å². The highest BCUT2D eigenvalue weighted by Gasteiger charge is 2.11. The molecule has 0 aliphatic heterocycles. The van der Waals surface area contributed by atoms with Gasteiger partial charge in [-0.3, -0.25) is 0 Å². The molecular formula is C10H18N2OS. The zero-order chi connectivity index (χ0) is 10.6. The van der Waals surface area contributed by atoms with E-state index in [-0.39, 0.29) is 12.6 Å². The minimum atomic E-state index is 0.233. The van der Waals surface area contributed by atoms with Crippen LogP contribution in [0.2, 0.25) is 0 Å². The second kappa shape index (κ2) is 5.44. The van der Waals surface area contributed by atoms with E-state index in [1.165, 1.54) is 0 Å². The third-order valence-electron chi connectivity index (χ3n) is 2.18. The normalized spacial score (nSPS) is 15.4. The number of aliphatic hydroxyl groups is 1. The first-order chi connectivity index (χ1) is 6.63. The summed E-state index contributed by atoms with van der Waals surface area (Å²) in [4.78, 5) is 4.42. The third kappa shape index (κ3) is 3.36. The number of nitrogens with one attached hydrogen (secondary N) is 1. The van der Waals surface area contributed by atoms with E-state index in [0.29, 0.717) is 6.04 Å². The summed E-state index contributed by atoms with van der Waals surface area (Å²) < 4.78 is 0. The van der Waals surface area contributed by atoms with E-state index in [9.17, 15) is 0 Å². The first-order valence-corrected chi connectivity index (χ1v) is 5.80. The molecule has 0 aromatic carbocycles. The van der Waals surface area contributed by atoms with Crippen LogP contribution in [0.1, 0.15) is 37.0 Å². The molecule has 0 aliphatic rings. The van der Waals surface area contributed by atoms with Gasteiger partial charge in [-0.25, -0.2) is 4.98 Å². The van der Waals surface area contributed by atoms with Gasteiger partial charge in [-0.1, -0.05) is 0 Å². The van der Waals surface area contributed by atoms with Crippen molar-refractivity contribution in [1.29, 1.82) is 0 Å². The second-order valence-electron chi connectivity index (χ2n) is 3.59. The van der Waals surface area contributed by atoms with Crippen LogP contribution in [-0.4, -0.2) is 22.7 Å². The van der Waals surface area contributed by atoms with Gasteiger partial charge in [-0.05, 0) is 27.2 Å². The van der Waals surface area contributed by atoms with Gasteiger partial charge in [0.2, 0.25) is 0 Å². The molecule has 0 spiro atoms. The summed E-state index contributed by atoms with van der Waals surface area (Å²) in [6, 6.07) is 0.596. The Morgan fingerprint density at radius 1 is 1.57 bits per heavy atom. The monoisotopic (exact) mass is 214 g/mol. The fraction of sp³-hybridized carbons (Fsp3) is 0.700. The maximum Gasteiger partial charge on any atom is 0.0898 e. The van der Waals surface area contributed by atoms with Gasteiger partial charge in [-0.2, -0.15) is 0 Å². The summed E-state index contributed by atoms with van der Waals surface area (Å²) in [7, 11) is 0. The molecule has 2 N–H and O–H groups in total. The van der Waals surface area contributed by atoms with Crippen molar-refractivity contribution >= 4 is 11.3 Å². The molecule has 1 rings (SSSR count). The van der Waals surface area contributed by atoms with E-state index in [2.05, 4.69) is 29.5 Å². The van der Waals surface area contributed by atoms with Gasteiger partial charge in [0.25, 0.3) is 0 Å². The van der Waals surface area contributed by atoms with Crippen LogP contribution in [0.5, 0.6) is 0 Å². The lowest BCUT2D eigenvalue weighted by Crippen LogP contribution is -2.29. The molecule has 0 amide bonds. The van der Waals surface area contributed by atoms with Crippen molar-refractivity contribution < 1.29 is 5.11 Å². The molecule has 0 bridgehead atoms. The summed E-state index contributed by atoms with van der Waals surface area (Å²) >= 11 is 1.67. The Balaban J connectivity index is 2.45. The summed E-state index contributed by atoms with van der Waals surface area (Å²) in [5.74, 6) is 0. The molecule has 0 radical (unpaired) electrons. The van der Waals surface area contributed by atoms with Crippen LogP contribution in [0.4, 0.5) is 0 Å². The van der Waals surface area contributed by atoms with Gasteiger partial charge < -0.3 is 10.4 Å². The second-order valence-corrected chi connectivity index (χ2v) is 4.66. The summed E-state index contributed by atoms with van der Waals surface area (Å²) in [5.41, 5.74) is 1.09. The highest BCUT2D eigenvalue weighted by molar-refractivity contribution is 7.09. The smallest absolute Gasteiger partial charge is 0.0898 e. The number of nitrogens with zero attached hydrogens (tertiary/aromatic N) is 1. The molecule has 1 aromatic rings. The number of aromatic nitrogens is 1. The summed E-state index contributed by atoms with van der Waals surface area (Å²) in [5, 5.41) is 15.3. The Bertz CT molecular complexity index is 275. The Labute approximate surface area is 89.2 Å². The van der Waals surface area contributed by atoms with Crippen molar-refractivity contribution in [2.24, 2.45) is 0 Å². The predicted molar refractivity (Wildman–Crippen MR) is 59.6 cm³/mol. The van der Waals surface area contributed by atoms with Crippen molar-refractivity contribution in [3.05, 3.63) is 16.1 Å². The van der Waals surface area contributed by atoms with Crippen LogP contribution >= 0.6 is 11.3 Å². The van der Waals surface area contributed by atoms with E-state index in [1.807, 2.05) is 6.92 Å². The van der Waals surface area contributed by atoms with Crippen molar-refractivity contribution in [1.82, 2.24) is 10.3 Å². The van der Waals surface area contributed by atoms with Gasteiger partial charge in [0, 0.05) is 24.1 Å². The van der Waals surface area contributed by atoms with E-state index < -0.39 is 0 Å². The fourth-order valence-corrected chi connectivity index (χ4v) is 2.07. The lowest BCUT2D eigenvalue weighted by Gasteiger charge is -2.17. The molecule has 0 saturated carbocycles. The maximum absolute atomic E-state index is 8.77. The Kier molecular flexibility index (Phi) is 4.51. The molecule has 14 heavy (non-hydrogen) atoms. The zero-order valence-electron chi connectivity index (χ0n) is 8.95. The quantitative estimate of drug-likeness (QED) is 0.786. The van der Waals surface area contributed by atoms with Crippen LogP contribution < -0.4 is 5.32 Å². The molecule has 1 aromatic heterocycles. The Morgan fingerprint density at radius 3 is 2.79 bits per heavy atom. The fourth-order valence-electron chi connectivity index (χ4n) is 1.37. The molecule has 3 nitrogen and oxygen atoms in total. The first kappa shape index (κ1) is 11.6. The van der Waals surface area contributed by atoms with Crippen molar-refractivity contribution in [2.45, 2.75) is 39.3 Å². The number of aliphatic hydroxyl groups excluding tert-OH is 1. The predicted octanol–water partition coefficient (Wildman–Crippen LogP) is 1.87. The lowest BCUT2D eigenvalue weighted by atomic mass is 10.2. The minimum Gasteiger partial charge on any atom is -0.396 e. The Morgan fingerprint density at radius 2 is 2.29 bits per heavy atom. The molecule has 0 saturated heterocycles. The van der Waals surface area contributed by atoms with Crippen LogP contribution in [0, 0.1) is 6.92 Å². The number of hydrogen-bond acceptors (Lipinski definition) is 4. The molecular weight excluding hydrogens is 196 g/mol. The molecule has 1 heterocycles. The number of rotatable bonds is 5. The average molecular weight is 214 g/mol. The van der Waals surface area contributed by atoms with Crippen LogP contribution in [0.15, 0.2) is 5.38 Å². The zero-order valence-corrected chi connectivity index (χ0v) is 9.77. The highest BCUT2D eigenvalue weighted by atomic mass is 32.1. The highest BCUT2D eigenvalue weighted by Crippen LogP contribution is 2.16. The van der Waals surface area contributed by atoms with Gasteiger partial charge in [-0.15, -0.1) is 11.3 Å². The third-order valence-corrected chi connectivity index (χ3v) is 2.97. The number of hydrogen-bond donors (Lipinski definition) is 2. The molecule has 80 valence electrons. The first-order valence-electron chi connectivity index (χ1n) is 4.92. The van der Waals surface area contributed by atoms with Crippen molar-refractivity contribution in [2.75, 3.05) is 6.61 Å². The van der Waals surface area contributed by atoms with Crippen LogP contribution in [0.3, 0.4) is 0 Å². The van der Waals surface area contributed by atoms with Crippen molar-refractivity contribution in [3.63, 3.8) is 0 Å².